The number of nitrogens with zero attached hydrogens (tertiary/aromatic N) is 1. The van der Waals surface area contributed by atoms with Gasteiger partial charge in [-0.2, -0.15) is 0 Å². The van der Waals surface area contributed by atoms with E-state index < -0.39 is 115 Å². The molecule has 4 atom stereocenters. The van der Waals surface area contributed by atoms with E-state index in [1.54, 1.807) is 72.8 Å². The molecule has 0 radical (unpaired) electrons. The van der Waals surface area contributed by atoms with E-state index in [0.29, 0.717) is 6.42 Å². The van der Waals surface area contributed by atoms with Crippen molar-refractivity contribution >= 4 is 47.6 Å². The first-order valence-corrected chi connectivity index (χ1v) is 21.4. The molecular formula is C51H49NO14. The third-order valence-corrected chi connectivity index (χ3v) is 12.1. The van der Waals surface area contributed by atoms with Crippen LogP contribution in [0.5, 0.6) is 0 Å². The van der Waals surface area contributed by atoms with E-state index in [-0.39, 0.29) is 34.1 Å². The Balaban J connectivity index is 1.13. The van der Waals surface area contributed by atoms with E-state index in [2.05, 4.69) is 0 Å². The van der Waals surface area contributed by atoms with Gasteiger partial charge in [-0.25, -0.2) is 19.2 Å². The number of fused-ring (bicyclic) bond motifs is 5. The minimum atomic E-state index is -1.85. The average Bonchev–Trinajstić information content (AvgIpc) is 4.06. The highest BCUT2D eigenvalue weighted by Crippen LogP contribution is 2.53. The van der Waals surface area contributed by atoms with E-state index in [1.165, 1.54) is 69.3 Å². The Kier molecular flexibility index (Phi) is 13.9. The van der Waals surface area contributed by atoms with Crippen LogP contribution in [0.25, 0.3) is 0 Å². The molecule has 4 aromatic carbocycles. The molecule has 2 aliphatic carbocycles. The summed E-state index contributed by atoms with van der Waals surface area (Å²) in [6.45, 7) is 0.234. The molecule has 15 heteroatoms. The summed E-state index contributed by atoms with van der Waals surface area (Å²) < 4.78 is 34.0. The summed E-state index contributed by atoms with van der Waals surface area (Å²) in [6, 6.07) is 32.1. The van der Waals surface area contributed by atoms with Gasteiger partial charge in [-0.05, 0) is 87.6 Å². The fraction of sp³-hybridized carbons (Fsp3) is 0.333. The summed E-state index contributed by atoms with van der Waals surface area (Å²) in [7, 11) is 0. The standard InChI is InChI=1S/C51H49NO14/c1-49(27-61-43(55)33-16-8-4-9-17-33,28-62-44(56)34-18-10-5-11-19-34)47(59)65-31-51(3,52-41(53)39-37-24-25-38(26-37)40(39)42(52)54)32-66-48(60)50(2,29-63-45(57)35-20-12-6-13-21-35)30-64-46(58)36-22-14-7-15-23-36/h4-25,37-40H,26-32H2,1-3H3/t37-,38+,39+,40-. The number of imide groups is 1. The SMILES string of the molecule is CC(COC(=O)c1ccccc1)(COC(=O)c1ccccc1)C(=O)OCC(C)(COC(=O)C(C)(COC(=O)c1ccccc1)COC(=O)c1ccccc1)N1C(=O)[C@@H]2[C@H](C1=O)[C@H]1C=C[C@@H]2C1. The molecule has 0 N–H and O–H groups in total. The number of ether oxygens (including phenoxy) is 6. The van der Waals surface area contributed by atoms with Gasteiger partial charge in [-0.1, -0.05) is 84.9 Å². The minimum Gasteiger partial charge on any atom is -0.462 e. The zero-order valence-electron chi connectivity index (χ0n) is 36.6. The molecule has 0 spiro atoms. The Morgan fingerprint density at radius 1 is 0.439 bits per heavy atom. The second-order valence-corrected chi connectivity index (χ2v) is 17.6. The van der Waals surface area contributed by atoms with Crippen molar-refractivity contribution in [2.75, 3.05) is 39.6 Å². The van der Waals surface area contributed by atoms with Gasteiger partial charge in [0.05, 0.1) is 34.1 Å². The first-order chi connectivity index (χ1) is 31.6. The second kappa shape index (κ2) is 19.8. The van der Waals surface area contributed by atoms with Gasteiger partial charge in [-0.3, -0.25) is 24.1 Å². The van der Waals surface area contributed by atoms with Crippen molar-refractivity contribution in [3.63, 3.8) is 0 Å². The van der Waals surface area contributed by atoms with Crippen LogP contribution in [0.4, 0.5) is 0 Å². The van der Waals surface area contributed by atoms with Gasteiger partial charge < -0.3 is 28.4 Å². The van der Waals surface area contributed by atoms with Crippen LogP contribution in [0.2, 0.25) is 0 Å². The normalized spacial score (nSPS) is 18.6. The first kappa shape index (κ1) is 46.6. The fourth-order valence-electron chi connectivity index (χ4n) is 8.24. The van der Waals surface area contributed by atoms with Crippen LogP contribution in [-0.4, -0.2) is 97.7 Å². The maximum Gasteiger partial charge on any atom is 0.338 e. The van der Waals surface area contributed by atoms with Gasteiger partial charge in [0, 0.05) is 0 Å². The van der Waals surface area contributed by atoms with E-state index in [0.717, 1.165) is 4.90 Å². The van der Waals surface area contributed by atoms with Crippen LogP contribution in [0.1, 0.15) is 68.6 Å². The first-order valence-electron chi connectivity index (χ1n) is 21.4. The van der Waals surface area contributed by atoms with Crippen molar-refractivity contribution in [1.82, 2.24) is 4.90 Å². The number of allylic oxidation sites excluding steroid dienone is 2. The lowest BCUT2D eigenvalue weighted by Crippen LogP contribution is -2.58. The number of carbonyl (C=O) groups excluding carboxylic acids is 8. The summed E-state index contributed by atoms with van der Waals surface area (Å²) in [4.78, 5) is 111. The zero-order valence-corrected chi connectivity index (χ0v) is 36.6. The maximum atomic E-state index is 14.3. The Hall–Kier alpha value is -7.42. The molecule has 2 fully saturated rings. The summed E-state index contributed by atoms with van der Waals surface area (Å²) in [5, 5.41) is 0. The van der Waals surface area contributed by atoms with Crippen LogP contribution in [0, 0.1) is 34.5 Å². The highest BCUT2D eigenvalue weighted by molar-refractivity contribution is 6.07. The maximum absolute atomic E-state index is 14.3. The van der Waals surface area contributed by atoms with Gasteiger partial charge in [-0.15, -0.1) is 0 Å². The summed E-state index contributed by atoms with van der Waals surface area (Å²) in [5.74, 6) is -7.97. The van der Waals surface area contributed by atoms with Crippen LogP contribution in [0.15, 0.2) is 133 Å². The lowest BCUT2D eigenvalue weighted by Gasteiger charge is -2.38. The van der Waals surface area contributed by atoms with Crippen molar-refractivity contribution in [2.24, 2.45) is 34.5 Å². The van der Waals surface area contributed by atoms with Crippen LogP contribution in [0.3, 0.4) is 0 Å². The van der Waals surface area contributed by atoms with Gasteiger partial charge >= 0.3 is 35.8 Å². The Labute approximate surface area is 380 Å². The molecule has 342 valence electrons. The summed E-state index contributed by atoms with van der Waals surface area (Å²) >= 11 is 0. The minimum absolute atomic E-state index is 0.195. The average molecular weight is 900 g/mol. The number of hydrogen-bond acceptors (Lipinski definition) is 14. The molecule has 1 saturated carbocycles. The molecule has 7 rings (SSSR count). The number of carbonyl (C=O) groups is 8. The molecule has 1 aliphatic heterocycles. The molecule has 1 heterocycles. The van der Waals surface area contributed by atoms with E-state index >= 15 is 0 Å². The summed E-state index contributed by atoms with van der Waals surface area (Å²) in [5.41, 5.74) is -4.75. The van der Waals surface area contributed by atoms with Crippen molar-refractivity contribution in [1.29, 1.82) is 0 Å². The molecule has 3 aliphatic rings. The van der Waals surface area contributed by atoms with Crippen molar-refractivity contribution in [3.8, 4) is 0 Å². The molecule has 66 heavy (non-hydrogen) atoms. The zero-order chi connectivity index (χ0) is 47.1. The molecule has 4 aromatic rings. The monoisotopic (exact) mass is 899 g/mol. The molecule has 0 aromatic heterocycles. The third kappa shape index (κ3) is 10.1. The third-order valence-electron chi connectivity index (χ3n) is 12.1. The highest BCUT2D eigenvalue weighted by atomic mass is 16.6. The number of rotatable bonds is 19. The summed E-state index contributed by atoms with van der Waals surface area (Å²) in [6.07, 6.45) is 4.45. The molecular weight excluding hydrogens is 851 g/mol. The fourth-order valence-corrected chi connectivity index (χ4v) is 8.24. The molecule has 0 unspecified atom stereocenters. The Morgan fingerprint density at radius 2 is 0.712 bits per heavy atom. The number of amides is 2. The molecule has 2 amide bonds. The van der Waals surface area contributed by atoms with Crippen molar-refractivity contribution < 1.29 is 66.8 Å². The van der Waals surface area contributed by atoms with Crippen LogP contribution in [-0.2, 0) is 47.6 Å². The second-order valence-electron chi connectivity index (χ2n) is 17.6. The quantitative estimate of drug-likeness (QED) is 0.0455. The highest BCUT2D eigenvalue weighted by Gasteiger charge is 2.63. The van der Waals surface area contributed by atoms with E-state index in [4.69, 9.17) is 28.4 Å². The number of hydrogen-bond donors (Lipinski definition) is 0. The van der Waals surface area contributed by atoms with Crippen molar-refractivity contribution in [3.05, 3.63) is 156 Å². The largest absolute Gasteiger partial charge is 0.462 e. The van der Waals surface area contributed by atoms with Gasteiger partial charge in [0.2, 0.25) is 11.8 Å². The Bertz CT molecular complexity index is 2210. The van der Waals surface area contributed by atoms with Crippen LogP contribution < -0.4 is 0 Å². The lowest BCUT2D eigenvalue weighted by atomic mass is 9.85. The van der Waals surface area contributed by atoms with E-state index in [1.807, 2.05) is 12.2 Å². The van der Waals surface area contributed by atoms with Gasteiger partial charge in [0.15, 0.2) is 0 Å². The Morgan fingerprint density at radius 3 is 0.985 bits per heavy atom. The van der Waals surface area contributed by atoms with Gasteiger partial charge in [0.1, 0.15) is 56.0 Å². The topological polar surface area (TPSA) is 195 Å². The number of benzene rings is 4. The lowest BCUT2D eigenvalue weighted by molar-refractivity contribution is -0.177. The predicted octanol–water partition coefficient (Wildman–Crippen LogP) is 6.08. The van der Waals surface area contributed by atoms with E-state index in [9.17, 15) is 38.4 Å². The predicted molar refractivity (Wildman–Crippen MR) is 233 cm³/mol. The smallest absolute Gasteiger partial charge is 0.338 e. The van der Waals surface area contributed by atoms with Crippen molar-refractivity contribution in [2.45, 2.75) is 32.7 Å². The van der Waals surface area contributed by atoms with Gasteiger partial charge in [0.25, 0.3) is 0 Å². The number of esters is 6. The molecule has 15 nitrogen and oxygen atoms in total. The number of likely N-dealkylation sites (tertiary alicyclic amines) is 1. The van der Waals surface area contributed by atoms with Crippen LogP contribution >= 0.6 is 0 Å². The molecule has 2 bridgehead atoms. The molecule has 1 saturated heterocycles.